The van der Waals surface area contributed by atoms with Gasteiger partial charge in [0, 0.05) is 60.5 Å². The van der Waals surface area contributed by atoms with Gasteiger partial charge in [-0.1, -0.05) is 62.0 Å². The molecular formula is C40H45N5O7. The third-order valence-electron chi connectivity index (χ3n) is 8.76. The van der Waals surface area contributed by atoms with E-state index in [9.17, 15) is 19.2 Å². The molecule has 272 valence electrons. The van der Waals surface area contributed by atoms with Crippen LogP contribution in [-0.2, 0) is 32.0 Å². The predicted molar refractivity (Wildman–Crippen MR) is 199 cm³/mol. The summed E-state index contributed by atoms with van der Waals surface area (Å²) in [5, 5.41) is 6.37. The second-order valence-corrected chi connectivity index (χ2v) is 13.9. The number of nitrogens with zero attached hydrogens (tertiary/aromatic N) is 3. The monoisotopic (exact) mass is 707 g/mol. The fourth-order valence-corrected chi connectivity index (χ4v) is 6.45. The molecule has 12 nitrogen and oxygen atoms in total. The molecule has 0 aliphatic carbocycles. The van der Waals surface area contributed by atoms with Crippen LogP contribution in [0.5, 0.6) is 0 Å². The molecule has 3 heterocycles. The number of ether oxygens (including phenoxy) is 3. The van der Waals surface area contributed by atoms with Crippen molar-refractivity contribution >= 4 is 52.3 Å². The summed E-state index contributed by atoms with van der Waals surface area (Å²) < 4.78 is 16.0. The minimum atomic E-state index is -0.725. The third kappa shape index (κ3) is 9.71. The van der Waals surface area contributed by atoms with Crippen LogP contribution in [0.25, 0.3) is 17.0 Å². The average Bonchev–Trinajstić information content (AvgIpc) is 3.11. The van der Waals surface area contributed by atoms with Crippen LogP contribution >= 0.6 is 0 Å². The predicted octanol–water partition coefficient (Wildman–Crippen LogP) is 6.98. The van der Waals surface area contributed by atoms with E-state index >= 15 is 0 Å². The summed E-state index contributed by atoms with van der Waals surface area (Å²) in [6.07, 6.45) is 3.66. The highest BCUT2D eigenvalue weighted by molar-refractivity contribution is 6.06. The van der Waals surface area contributed by atoms with Gasteiger partial charge < -0.3 is 24.4 Å². The van der Waals surface area contributed by atoms with Gasteiger partial charge in [-0.2, -0.15) is 0 Å². The Morgan fingerprint density at radius 2 is 1.79 bits per heavy atom. The topological polar surface area (TPSA) is 149 Å². The van der Waals surface area contributed by atoms with Crippen LogP contribution in [0.3, 0.4) is 0 Å². The first-order valence-electron chi connectivity index (χ1n) is 17.2. The van der Waals surface area contributed by atoms with Crippen molar-refractivity contribution in [3.8, 4) is 0 Å². The molecule has 2 amide bonds. The first-order chi connectivity index (χ1) is 24.8. The van der Waals surface area contributed by atoms with Gasteiger partial charge in [0.1, 0.15) is 17.9 Å². The van der Waals surface area contributed by atoms with E-state index in [0.29, 0.717) is 24.2 Å². The third-order valence-corrected chi connectivity index (χ3v) is 8.76. The van der Waals surface area contributed by atoms with Gasteiger partial charge in [-0.3, -0.25) is 19.9 Å². The van der Waals surface area contributed by atoms with Crippen molar-refractivity contribution in [2.75, 3.05) is 30.4 Å². The summed E-state index contributed by atoms with van der Waals surface area (Å²) in [5.41, 5.74) is 3.22. The highest BCUT2D eigenvalue weighted by Crippen LogP contribution is 2.33. The van der Waals surface area contributed by atoms with E-state index in [-0.39, 0.29) is 60.5 Å². The Morgan fingerprint density at radius 3 is 2.50 bits per heavy atom. The number of pyridine rings is 2. The second kappa shape index (κ2) is 16.5. The van der Waals surface area contributed by atoms with Crippen molar-refractivity contribution in [2.45, 2.75) is 58.8 Å². The van der Waals surface area contributed by atoms with Gasteiger partial charge in [0.25, 0.3) is 0 Å². The van der Waals surface area contributed by atoms with Crippen LogP contribution in [-0.4, -0.2) is 65.7 Å². The van der Waals surface area contributed by atoms with Gasteiger partial charge in [-0.25, -0.2) is 14.6 Å². The van der Waals surface area contributed by atoms with Crippen LogP contribution in [0.1, 0.15) is 61.3 Å². The molecule has 2 aromatic carbocycles. The number of ketones is 1. The molecule has 3 atom stereocenters. The van der Waals surface area contributed by atoms with Crippen LogP contribution in [0, 0.1) is 11.8 Å². The lowest BCUT2D eigenvalue weighted by Gasteiger charge is -2.44. The zero-order valence-electron chi connectivity index (χ0n) is 30.2. The standard InChI is InChI=1S/C40H45N5O7/c1-7-26-13-14-28-18-32(43-39(49)51-24-27-11-9-8-10-12-27)37(42-31(28)17-26)34(46)19-29-21-41-16-15-33(29)45-22-25(2)36(44-38(48)50-6)30(23-45)20-35(47)52-40(3,4)5/h7-18,21,25,30,36H,1,19-20,22-24H2,2-6H3,(H,43,49)(H,44,48)/t25-,30+,36-/m0/s1. The lowest BCUT2D eigenvalue weighted by molar-refractivity contribution is -0.156. The van der Waals surface area contributed by atoms with E-state index in [4.69, 9.17) is 19.2 Å². The maximum atomic E-state index is 14.2. The van der Waals surface area contributed by atoms with E-state index in [0.717, 1.165) is 22.2 Å². The fourth-order valence-electron chi connectivity index (χ4n) is 6.45. The largest absolute Gasteiger partial charge is 0.460 e. The number of Topliss-reactive ketones (excluding diaryl/α,β-unsaturated/α-hetero) is 1. The summed E-state index contributed by atoms with van der Waals surface area (Å²) in [7, 11) is 1.30. The van der Waals surface area contributed by atoms with Crippen LogP contribution in [0.2, 0.25) is 0 Å². The molecule has 2 aromatic heterocycles. The molecule has 4 aromatic rings. The number of aromatic nitrogens is 2. The number of rotatable bonds is 11. The number of fused-ring (bicyclic) bond motifs is 1. The SMILES string of the molecule is C=Cc1ccc2cc(NC(=O)OCc3ccccc3)c(C(=O)Cc3cnccc3N3C[C@@H](CC(=O)OC(C)(C)C)[C@@H](NC(=O)OC)[C@@H](C)C3)nc2c1. The maximum absolute atomic E-state index is 14.2. The highest BCUT2D eigenvalue weighted by atomic mass is 16.6. The number of amides is 2. The zero-order valence-corrected chi connectivity index (χ0v) is 30.2. The molecule has 12 heteroatoms. The van der Waals surface area contributed by atoms with Gasteiger partial charge in [0.2, 0.25) is 0 Å². The van der Waals surface area contributed by atoms with E-state index in [1.165, 1.54) is 7.11 Å². The maximum Gasteiger partial charge on any atom is 0.412 e. The number of hydrogen-bond donors (Lipinski definition) is 2. The first kappa shape index (κ1) is 37.5. The molecule has 0 radical (unpaired) electrons. The van der Waals surface area contributed by atoms with E-state index in [1.54, 1.807) is 24.5 Å². The highest BCUT2D eigenvalue weighted by Gasteiger charge is 2.38. The normalized spacial score (nSPS) is 17.2. The van der Waals surface area contributed by atoms with Crippen molar-refractivity contribution in [1.82, 2.24) is 15.3 Å². The fraction of sp³-hybridized carbons (Fsp3) is 0.350. The Labute approximate surface area is 303 Å². The average molecular weight is 708 g/mol. The molecule has 1 fully saturated rings. The van der Waals surface area contributed by atoms with Crippen LogP contribution in [0.4, 0.5) is 21.0 Å². The minimum Gasteiger partial charge on any atom is -0.460 e. The van der Waals surface area contributed by atoms with Crippen LogP contribution < -0.4 is 15.5 Å². The molecule has 0 spiro atoms. The van der Waals surface area contributed by atoms with E-state index in [1.807, 2.05) is 82.3 Å². The summed E-state index contributed by atoms with van der Waals surface area (Å²) in [5.74, 6) is -1.15. The molecular weight excluding hydrogens is 662 g/mol. The summed E-state index contributed by atoms with van der Waals surface area (Å²) in [6.45, 7) is 12.2. The molecule has 0 unspecified atom stereocenters. The number of hydrogen-bond acceptors (Lipinski definition) is 10. The Morgan fingerprint density at radius 1 is 1.02 bits per heavy atom. The molecule has 2 N–H and O–H groups in total. The van der Waals surface area contributed by atoms with E-state index < -0.39 is 17.8 Å². The number of alkyl carbamates (subject to hydrolysis) is 1. The summed E-state index contributed by atoms with van der Waals surface area (Å²) in [6, 6.07) is 18.0. The lowest BCUT2D eigenvalue weighted by atomic mass is 9.82. The molecule has 0 saturated carbocycles. The summed E-state index contributed by atoms with van der Waals surface area (Å²) >= 11 is 0. The number of methoxy groups -OCH3 is 1. The Bertz CT molecular complexity index is 1940. The number of benzene rings is 2. The Hall–Kier alpha value is -5.78. The van der Waals surface area contributed by atoms with Crippen LogP contribution in [0.15, 0.2) is 79.6 Å². The lowest BCUT2D eigenvalue weighted by Crippen LogP contribution is -2.56. The molecule has 0 bridgehead atoms. The van der Waals surface area contributed by atoms with Gasteiger partial charge in [0.15, 0.2) is 5.78 Å². The Kier molecular flexibility index (Phi) is 11.9. The van der Waals surface area contributed by atoms with Crippen molar-refractivity contribution in [1.29, 1.82) is 0 Å². The van der Waals surface area contributed by atoms with Crippen molar-refractivity contribution in [3.05, 3.63) is 102 Å². The quantitative estimate of drug-likeness (QED) is 0.0951. The number of carbonyl (C=O) groups is 4. The number of esters is 1. The molecule has 1 aliphatic heterocycles. The van der Waals surface area contributed by atoms with Crippen molar-refractivity contribution in [3.63, 3.8) is 0 Å². The van der Waals surface area contributed by atoms with Gasteiger partial charge in [-0.05, 0) is 56.0 Å². The van der Waals surface area contributed by atoms with Crippen molar-refractivity contribution < 1.29 is 33.4 Å². The minimum absolute atomic E-state index is 0.0535. The van der Waals surface area contributed by atoms with Gasteiger partial charge in [-0.15, -0.1) is 0 Å². The van der Waals surface area contributed by atoms with E-state index in [2.05, 4.69) is 27.1 Å². The molecule has 1 saturated heterocycles. The van der Waals surface area contributed by atoms with Crippen molar-refractivity contribution in [2.24, 2.45) is 11.8 Å². The zero-order chi connectivity index (χ0) is 37.4. The number of carbonyl (C=O) groups excluding carboxylic acids is 4. The molecule has 5 rings (SSSR count). The molecule has 1 aliphatic rings. The number of nitrogens with one attached hydrogen (secondary N) is 2. The van der Waals surface area contributed by atoms with Gasteiger partial charge >= 0.3 is 18.2 Å². The second-order valence-electron chi connectivity index (χ2n) is 13.9. The first-order valence-corrected chi connectivity index (χ1v) is 17.2. The molecule has 52 heavy (non-hydrogen) atoms. The van der Waals surface area contributed by atoms with Gasteiger partial charge in [0.05, 0.1) is 24.7 Å². The smallest absolute Gasteiger partial charge is 0.412 e. The summed E-state index contributed by atoms with van der Waals surface area (Å²) in [4.78, 5) is 63.6. The number of anilines is 2. The Balaban J connectivity index is 1.42. The number of piperidine rings is 1.